The van der Waals surface area contributed by atoms with Crippen molar-refractivity contribution >= 4 is 34.7 Å². The van der Waals surface area contributed by atoms with E-state index in [1.807, 2.05) is 30.0 Å². The summed E-state index contributed by atoms with van der Waals surface area (Å²) < 4.78 is 13.3. The van der Waals surface area contributed by atoms with E-state index in [0.29, 0.717) is 6.42 Å². The number of para-hydroxylation sites is 1. The molecule has 0 bridgehead atoms. The fraction of sp³-hybridized carbons (Fsp3) is 0.238. The van der Waals surface area contributed by atoms with Crippen molar-refractivity contribution < 1.29 is 9.18 Å². The second-order valence-electron chi connectivity index (χ2n) is 6.40. The van der Waals surface area contributed by atoms with Gasteiger partial charge in [-0.25, -0.2) is 9.37 Å². The molecule has 0 atom stereocenters. The predicted molar refractivity (Wildman–Crippen MR) is 110 cm³/mol. The molecular weight excluding hydrogens is 379 g/mol. The van der Waals surface area contributed by atoms with E-state index in [1.165, 1.54) is 23.5 Å². The van der Waals surface area contributed by atoms with Gasteiger partial charge < -0.3 is 4.90 Å². The van der Waals surface area contributed by atoms with Crippen LogP contribution in [0.1, 0.15) is 16.3 Å². The first kappa shape index (κ1) is 18.2. The third-order valence-corrected chi connectivity index (χ3v) is 6.59. The van der Waals surface area contributed by atoms with E-state index in [-0.39, 0.29) is 11.7 Å². The second-order valence-corrected chi connectivity index (χ2v) is 8.83. The lowest BCUT2D eigenvalue weighted by Crippen LogP contribution is -2.33. The number of amides is 1. The zero-order valence-corrected chi connectivity index (χ0v) is 16.6. The Kier molecular flexibility index (Phi) is 5.27. The third-order valence-electron chi connectivity index (χ3n) is 4.47. The average Bonchev–Trinajstić information content (AvgIpc) is 2.89. The summed E-state index contributed by atoms with van der Waals surface area (Å²) in [6.07, 6.45) is 1.27. The minimum absolute atomic E-state index is 0.0805. The molecule has 27 heavy (non-hydrogen) atoms. The first-order valence-corrected chi connectivity index (χ1v) is 10.7. The van der Waals surface area contributed by atoms with Gasteiger partial charge in [0.15, 0.2) is 0 Å². The van der Waals surface area contributed by atoms with Gasteiger partial charge in [0, 0.05) is 21.9 Å². The highest BCUT2D eigenvalue weighted by atomic mass is 32.2. The molecule has 0 saturated carbocycles. The molecule has 4 rings (SSSR count). The van der Waals surface area contributed by atoms with Crippen molar-refractivity contribution in [3.8, 4) is 11.3 Å². The Balaban J connectivity index is 1.63. The van der Waals surface area contributed by atoms with E-state index in [9.17, 15) is 9.18 Å². The van der Waals surface area contributed by atoms with Crippen LogP contribution in [0, 0.1) is 12.7 Å². The molecule has 2 aromatic carbocycles. The highest BCUT2D eigenvalue weighted by Gasteiger charge is 2.23. The minimum Gasteiger partial charge on any atom is -0.311 e. The first-order chi connectivity index (χ1) is 13.1. The maximum Gasteiger partial charge on any atom is 0.232 e. The summed E-state index contributed by atoms with van der Waals surface area (Å²) in [4.78, 5) is 21.7. The van der Waals surface area contributed by atoms with Gasteiger partial charge in [-0.3, -0.25) is 4.79 Å². The Labute approximate surface area is 166 Å². The van der Waals surface area contributed by atoms with Gasteiger partial charge in [0.1, 0.15) is 5.82 Å². The van der Waals surface area contributed by atoms with E-state index in [2.05, 4.69) is 11.1 Å². The zero-order valence-electron chi connectivity index (χ0n) is 14.9. The maximum atomic E-state index is 13.3. The first-order valence-electron chi connectivity index (χ1n) is 8.86. The molecule has 1 amide bonds. The lowest BCUT2D eigenvalue weighted by Gasteiger charge is -2.22. The SMILES string of the molecule is Cc1nc(-c2ccc(F)cc2)c(CC(=O)N2CCCSc3ccccc32)s1. The molecule has 138 valence electrons. The molecule has 0 unspecified atom stereocenters. The number of carbonyl (C=O) groups excluding carboxylic acids is 1. The molecular formula is C21H19FN2OS2. The van der Waals surface area contributed by atoms with Crippen molar-refractivity contribution in [2.45, 2.75) is 24.7 Å². The average molecular weight is 399 g/mol. The summed E-state index contributed by atoms with van der Waals surface area (Å²) in [6, 6.07) is 14.4. The van der Waals surface area contributed by atoms with Crippen LogP contribution in [0.15, 0.2) is 53.4 Å². The second kappa shape index (κ2) is 7.82. The molecule has 0 spiro atoms. The van der Waals surface area contributed by atoms with Crippen molar-refractivity contribution in [3.05, 3.63) is 64.2 Å². The molecule has 3 nitrogen and oxygen atoms in total. The highest BCUT2D eigenvalue weighted by molar-refractivity contribution is 7.99. The number of thiazole rings is 1. The number of aromatic nitrogens is 1. The molecule has 0 saturated heterocycles. The fourth-order valence-electron chi connectivity index (χ4n) is 3.24. The summed E-state index contributed by atoms with van der Waals surface area (Å²) in [5, 5.41) is 0.906. The largest absolute Gasteiger partial charge is 0.311 e. The molecule has 0 aliphatic carbocycles. The Morgan fingerprint density at radius 1 is 1.19 bits per heavy atom. The van der Waals surface area contributed by atoms with Crippen molar-refractivity contribution in [1.29, 1.82) is 0 Å². The topological polar surface area (TPSA) is 33.2 Å². The number of rotatable bonds is 3. The number of thioether (sulfide) groups is 1. The van der Waals surface area contributed by atoms with Gasteiger partial charge in [0.2, 0.25) is 5.91 Å². The number of hydrogen-bond acceptors (Lipinski definition) is 4. The fourth-order valence-corrected chi connectivity index (χ4v) is 5.19. The monoisotopic (exact) mass is 398 g/mol. The normalized spacial score (nSPS) is 13.9. The summed E-state index contributed by atoms with van der Waals surface area (Å²) in [5.74, 6) is 0.820. The molecule has 1 aromatic heterocycles. The summed E-state index contributed by atoms with van der Waals surface area (Å²) in [7, 11) is 0. The van der Waals surface area contributed by atoms with Crippen LogP contribution in [0.25, 0.3) is 11.3 Å². The molecule has 1 aliphatic heterocycles. The van der Waals surface area contributed by atoms with Crippen LogP contribution in [0.4, 0.5) is 10.1 Å². The van der Waals surface area contributed by atoms with Crippen molar-refractivity contribution in [2.75, 3.05) is 17.2 Å². The van der Waals surface area contributed by atoms with Crippen LogP contribution in [0.2, 0.25) is 0 Å². The number of fused-ring (bicyclic) bond motifs is 1. The molecule has 1 aliphatic rings. The number of carbonyl (C=O) groups is 1. The van der Waals surface area contributed by atoms with Crippen molar-refractivity contribution in [2.24, 2.45) is 0 Å². The van der Waals surface area contributed by atoms with Crippen LogP contribution in [-0.2, 0) is 11.2 Å². The Bertz CT molecular complexity index is 969. The van der Waals surface area contributed by atoms with Crippen LogP contribution in [0.5, 0.6) is 0 Å². The Hall–Kier alpha value is -2.18. The summed E-state index contributed by atoms with van der Waals surface area (Å²) in [6.45, 7) is 2.66. The molecule has 0 radical (unpaired) electrons. The number of anilines is 1. The van der Waals surface area contributed by atoms with Crippen LogP contribution in [-0.4, -0.2) is 23.2 Å². The summed E-state index contributed by atoms with van der Waals surface area (Å²) >= 11 is 3.34. The zero-order chi connectivity index (χ0) is 18.8. The van der Waals surface area contributed by atoms with E-state index in [4.69, 9.17) is 0 Å². The molecule has 3 aromatic rings. The van der Waals surface area contributed by atoms with Crippen LogP contribution < -0.4 is 4.90 Å². The minimum atomic E-state index is -0.276. The quantitative estimate of drug-likeness (QED) is 0.598. The number of hydrogen-bond donors (Lipinski definition) is 0. The van der Waals surface area contributed by atoms with Gasteiger partial charge in [-0.05, 0) is 55.5 Å². The number of halogens is 1. The van der Waals surface area contributed by atoms with E-state index in [1.54, 1.807) is 23.9 Å². The van der Waals surface area contributed by atoms with Crippen molar-refractivity contribution in [1.82, 2.24) is 4.98 Å². The van der Waals surface area contributed by atoms with Gasteiger partial charge in [0.05, 0.1) is 22.8 Å². The van der Waals surface area contributed by atoms with Gasteiger partial charge in [-0.15, -0.1) is 23.1 Å². The smallest absolute Gasteiger partial charge is 0.232 e. The van der Waals surface area contributed by atoms with Crippen LogP contribution >= 0.6 is 23.1 Å². The maximum absolute atomic E-state index is 13.3. The lowest BCUT2D eigenvalue weighted by atomic mass is 10.1. The lowest BCUT2D eigenvalue weighted by molar-refractivity contribution is -0.118. The van der Waals surface area contributed by atoms with Gasteiger partial charge in [-0.1, -0.05) is 12.1 Å². The van der Waals surface area contributed by atoms with E-state index >= 15 is 0 Å². The molecule has 0 fully saturated rings. The number of aryl methyl sites for hydroxylation is 1. The third kappa shape index (κ3) is 3.92. The standard InChI is InChI=1S/C21H19FN2OS2/c1-14-23-21(15-7-9-16(22)10-8-15)19(27-14)13-20(25)24-11-4-12-26-18-6-3-2-5-17(18)24/h2-3,5-10H,4,11-13H2,1H3. The predicted octanol–water partition coefficient (Wildman–Crippen LogP) is 5.33. The molecule has 6 heteroatoms. The summed E-state index contributed by atoms with van der Waals surface area (Å²) in [5.41, 5.74) is 2.62. The van der Waals surface area contributed by atoms with E-state index < -0.39 is 0 Å². The molecule has 0 N–H and O–H groups in total. The Morgan fingerprint density at radius 2 is 1.96 bits per heavy atom. The highest BCUT2D eigenvalue weighted by Crippen LogP contribution is 2.35. The van der Waals surface area contributed by atoms with Gasteiger partial charge in [0.25, 0.3) is 0 Å². The van der Waals surface area contributed by atoms with Gasteiger partial charge >= 0.3 is 0 Å². The number of benzene rings is 2. The van der Waals surface area contributed by atoms with Crippen LogP contribution in [0.3, 0.4) is 0 Å². The Morgan fingerprint density at radius 3 is 2.78 bits per heavy atom. The van der Waals surface area contributed by atoms with E-state index in [0.717, 1.165) is 50.4 Å². The molecule has 2 heterocycles. The number of nitrogens with zero attached hydrogens (tertiary/aromatic N) is 2. The van der Waals surface area contributed by atoms with Gasteiger partial charge in [-0.2, -0.15) is 0 Å². The van der Waals surface area contributed by atoms with Crippen molar-refractivity contribution in [3.63, 3.8) is 0 Å².